The van der Waals surface area contributed by atoms with Gasteiger partial charge in [-0.3, -0.25) is 19.2 Å². The fraction of sp³-hybridized carbons (Fsp3) is 0.308. The van der Waals surface area contributed by atoms with Gasteiger partial charge in [-0.2, -0.15) is 0 Å². The Kier molecular flexibility index (Phi) is 4.03. The second kappa shape index (κ2) is 6.73. The van der Waals surface area contributed by atoms with Gasteiger partial charge in [0.25, 0.3) is 5.91 Å². The van der Waals surface area contributed by atoms with Crippen LogP contribution in [0.3, 0.4) is 0 Å². The van der Waals surface area contributed by atoms with E-state index in [2.05, 4.69) is 17.5 Å². The van der Waals surface area contributed by atoms with Crippen molar-refractivity contribution in [2.75, 3.05) is 10.2 Å². The number of anilines is 2. The number of Topliss-reactive ketones (excluding diaryl/α,β-unsaturated/α-hetero) is 1. The number of ketones is 1. The first kappa shape index (κ1) is 19.2. The smallest absolute Gasteiger partial charge is 0.255 e. The molecule has 32 heavy (non-hydrogen) atoms. The molecular formula is C26H22N2O4. The summed E-state index contributed by atoms with van der Waals surface area (Å²) in [5.41, 5.74) is 1.80. The van der Waals surface area contributed by atoms with E-state index in [1.165, 1.54) is 11.8 Å². The quantitative estimate of drug-likeness (QED) is 0.459. The van der Waals surface area contributed by atoms with Gasteiger partial charge >= 0.3 is 0 Å². The molecule has 1 aliphatic heterocycles. The Balaban J connectivity index is 1.27. The molecule has 0 spiro atoms. The molecule has 1 heterocycles. The van der Waals surface area contributed by atoms with Crippen LogP contribution < -0.4 is 10.2 Å². The number of amides is 3. The lowest BCUT2D eigenvalue weighted by molar-refractivity contribution is -0.124. The molecule has 0 aromatic heterocycles. The zero-order valence-corrected chi connectivity index (χ0v) is 17.5. The number of nitrogens with zero attached hydrogens (tertiary/aromatic N) is 1. The van der Waals surface area contributed by atoms with E-state index in [0.29, 0.717) is 34.3 Å². The van der Waals surface area contributed by atoms with E-state index in [4.69, 9.17) is 0 Å². The molecule has 1 N–H and O–H groups in total. The first-order valence-corrected chi connectivity index (χ1v) is 11.0. The molecule has 6 nitrogen and oxygen atoms in total. The predicted octanol–water partition coefficient (Wildman–Crippen LogP) is 3.70. The minimum Gasteiger partial charge on any atom is -0.322 e. The molecule has 1 saturated heterocycles. The summed E-state index contributed by atoms with van der Waals surface area (Å²) < 4.78 is 0. The summed E-state index contributed by atoms with van der Waals surface area (Å²) in [6, 6.07) is 13.4. The molecule has 2 aromatic rings. The second-order valence-electron chi connectivity index (χ2n) is 9.31. The van der Waals surface area contributed by atoms with Crippen molar-refractivity contribution in [2.45, 2.75) is 13.3 Å². The number of imide groups is 1. The molecule has 6 heteroatoms. The van der Waals surface area contributed by atoms with Crippen LogP contribution in [0, 0.1) is 35.5 Å². The van der Waals surface area contributed by atoms with Gasteiger partial charge in [-0.25, -0.2) is 4.90 Å². The molecule has 0 unspecified atom stereocenters. The third kappa shape index (κ3) is 2.72. The van der Waals surface area contributed by atoms with Gasteiger partial charge in [0.2, 0.25) is 11.8 Å². The van der Waals surface area contributed by atoms with Gasteiger partial charge in [-0.15, -0.1) is 0 Å². The van der Waals surface area contributed by atoms with Gasteiger partial charge in [0.15, 0.2) is 5.78 Å². The Bertz CT molecular complexity index is 1200. The van der Waals surface area contributed by atoms with Crippen molar-refractivity contribution in [1.29, 1.82) is 0 Å². The average Bonchev–Trinajstić information content (AvgIpc) is 3.57. The van der Waals surface area contributed by atoms with E-state index in [-0.39, 0.29) is 47.2 Å². The molecule has 6 atom stereocenters. The maximum atomic E-state index is 13.3. The molecule has 3 fully saturated rings. The van der Waals surface area contributed by atoms with E-state index in [0.717, 1.165) is 6.42 Å². The fourth-order valence-corrected chi connectivity index (χ4v) is 6.02. The number of rotatable bonds is 4. The van der Waals surface area contributed by atoms with Crippen LogP contribution >= 0.6 is 0 Å². The van der Waals surface area contributed by atoms with Gasteiger partial charge < -0.3 is 5.32 Å². The Labute approximate surface area is 185 Å². The minimum absolute atomic E-state index is 0.0864. The molecule has 5 aliphatic rings. The zero-order chi connectivity index (χ0) is 22.1. The number of carbonyl (C=O) groups is 4. The largest absolute Gasteiger partial charge is 0.322 e. The lowest BCUT2D eigenvalue weighted by atomic mass is 9.63. The van der Waals surface area contributed by atoms with Gasteiger partial charge in [0.1, 0.15) is 0 Å². The number of carbonyl (C=O) groups excluding carboxylic acids is 4. The molecule has 4 aliphatic carbocycles. The van der Waals surface area contributed by atoms with Crippen LogP contribution in [-0.4, -0.2) is 23.5 Å². The highest BCUT2D eigenvalue weighted by Crippen LogP contribution is 2.65. The molecule has 2 bridgehead atoms. The van der Waals surface area contributed by atoms with Crippen LogP contribution in [0.4, 0.5) is 11.4 Å². The monoisotopic (exact) mass is 426 g/mol. The van der Waals surface area contributed by atoms with Gasteiger partial charge in [-0.05, 0) is 67.3 Å². The Morgan fingerprint density at radius 1 is 0.875 bits per heavy atom. The normalized spacial score (nSPS) is 31.3. The Morgan fingerprint density at radius 2 is 1.50 bits per heavy atom. The molecule has 0 radical (unpaired) electrons. The van der Waals surface area contributed by atoms with Crippen LogP contribution in [0.5, 0.6) is 0 Å². The number of allylic oxidation sites excluding steroid dienone is 2. The van der Waals surface area contributed by atoms with Gasteiger partial charge in [0.05, 0.1) is 17.5 Å². The number of hydrogen-bond donors (Lipinski definition) is 1. The third-order valence-corrected chi connectivity index (χ3v) is 7.56. The maximum Gasteiger partial charge on any atom is 0.255 e. The van der Waals surface area contributed by atoms with Gasteiger partial charge in [-0.1, -0.05) is 30.4 Å². The predicted molar refractivity (Wildman–Crippen MR) is 118 cm³/mol. The van der Waals surface area contributed by atoms with Crippen LogP contribution in [0.1, 0.15) is 34.1 Å². The highest BCUT2D eigenvalue weighted by atomic mass is 16.2. The lowest BCUT2D eigenvalue weighted by Gasteiger charge is -2.37. The van der Waals surface area contributed by atoms with Crippen molar-refractivity contribution in [3.63, 3.8) is 0 Å². The summed E-state index contributed by atoms with van der Waals surface area (Å²) in [7, 11) is 0. The minimum atomic E-state index is -0.368. The van der Waals surface area contributed by atoms with Crippen molar-refractivity contribution in [3.05, 3.63) is 71.8 Å². The first-order valence-electron chi connectivity index (χ1n) is 11.0. The summed E-state index contributed by atoms with van der Waals surface area (Å²) in [4.78, 5) is 52.4. The van der Waals surface area contributed by atoms with Gasteiger partial charge in [0, 0.05) is 16.8 Å². The van der Waals surface area contributed by atoms with Crippen molar-refractivity contribution >= 4 is 34.9 Å². The second-order valence-corrected chi connectivity index (χ2v) is 9.31. The van der Waals surface area contributed by atoms with Crippen molar-refractivity contribution < 1.29 is 19.2 Å². The number of nitrogens with one attached hydrogen (secondary N) is 1. The van der Waals surface area contributed by atoms with Crippen LogP contribution in [0.25, 0.3) is 0 Å². The number of hydrogen-bond acceptors (Lipinski definition) is 4. The average molecular weight is 426 g/mol. The van der Waals surface area contributed by atoms with E-state index < -0.39 is 0 Å². The highest BCUT2D eigenvalue weighted by molar-refractivity contribution is 6.23. The van der Waals surface area contributed by atoms with Crippen LogP contribution in [0.2, 0.25) is 0 Å². The standard InChI is InChI=1S/C26H22N2O4/c1-13(29)14-4-2-6-16(10-14)27-24(30)15-5-3-7-17(11-15)28-25(31)22-18-8-9-19(21-12-20(18)21)23(22)26(28)32/h2-11,18-23H,12H2,1H3,(H,27,30)/t18-,19-,20-,21+,22+,23+/m0/s1. The fourth-order valence-electron chi connectivity index (χ4n) is 6.02. The molecule has 7 rings (SSSR count). The van der Waals surface area contributed by atoms with E-state index in [1.54, 1.807) is 48.5 Å². The molecule has 2 aromatic carbocycles. The summed E-state index contributed by atoms with van der Waals surface area (Å²) in [5, 5.41) is 2.79. The third-order valence-electron chi connectivity index (χ3n) is 7.56. The van der Waals surface area contributed by atoms with Crippen molar-refractivity contribution in [2.24, 2.45) is 35.5 Å². The van der Waals surface area contributed by atoms with Crippen LogP contribution in [0.15, 0.2) is 60.7 Å². The van der Waals surface area contributed by atoms with Crippen molar-refractivity contribution in [3.8, 4) is 0 Å². The molecule has 160 valence electrons. The zero-order valence-electron chi connectivity index (χ0n) is 17.5. The summed E-state index contributed by atoms with van der Waals surface area (Å²) in [5.74, 6) is 0.141. The Morgan fingerprint density at radius 3 is 2.16 bits per heavy atom. The van der Waals surface area contributed by atoms with Crippen molar-refractivity contribution in [1.82, 2.24) is 0 Å². The number of benzene rings is 2. The molecule has 2 saturated carbocycles. The SMILES string of the molecule is CC(=O)c1cccc(NC(=O)c2cccc(N3C(=O)[C@@H]4[C@H]5C=C[C@@H]([C@@H]6C[C@H]56)[C@H]4C3=O)c2)c1. The van der Waals surface area contributed by atoms with Crippen LogP contribution in [-0.2, 0) is 9.59 Å². The summed E-state index contributed by atoms with van der Waals surface area (Å²) in [6.45, 7) is 1.47. The Hall–Kier alpha value is -3.54. The molecular weight excluding hydrogens is 404 g/mol. The maximum absolute atomic E-state index is 13.3. The highest BCUT2D eigenvalue weighted by Gasteiger charge is 2.67. The van der Waals surface area contributed by atoms with E-state index in [9.17, 15) is 19.2 Å². The summed E-state index contributed by atoms with van der Waals surface area (Å²) >= 11 is 0. The van der Waals surface area contributed by atoms with E-state index in [1.807, 2.05) is 0 Å². The molecule has 3 amide bonds. The topological polar surface area (TPSA) is 83.6 Å². The summed E-state index contributed by atoms with van der Waals surface area (Å²) in [6.07, 6.45) is 5.41. The lowest BCUT2D eigenvalue weighted by Crippen LogP contribution is -2.40. The first-order chi connectivity index (χ1) is 15.4. The van der Waals surface area contributed by atoms with E-state index >= 15 is 0 Å².